The Morgan fingerprint density at radius 2 is 1.57 bits per heavy atom. The SMILES string of the molecule is Cc1cccc(C)c1-n1c(=C(C#N)C#N)s/c(=C/c2cccc3ccccc23)c1=O. The van der Waals surface area contributed by atoms with Gasteiger partial charge in [-0.15, -0.1) is 11.3 Å². The quantitative estimate of drug-likeness (QED) is 0.509. The third kappa shape index (κ3) is 3.22. The van der Waals surface area contributed by atoms with Crippen LogP contribution in [0.25, 0.3) is 28.1 Å². The summed E-state index contributed by atoms with van der Waals surface area (Å²) >= 11 is 1.17. The lowest BCUT2D eigenvalue weighted by atomic mass is 10.0. The van der Waals surface area contributed by atoms with Crippen molar-refractivity contribution in [3.8, 4) is 17.8 Å². The van der Waals surface area contributed by atoms with Crippen LogP contribution in [0.5, 0.6) is 0 Å². The molecule has 0 aliphatic rings. The van der Waals surface area contributed by atoms with Crippen molar-refractivity contribution >= 4 is 33.8 Å². The Balaban J connectivity index is 2.14. The number of hydrogen-bond donors (Lipinski definition) is 0. The molecule has 0 amide bonds. The number of benzene rings is 3. The van der Waals surface area contributed by atoms with Crippen molar-refractivity contribution in [3.63, 3.8) is 0 Å². The van der Waals surface area contributed by atoms with Crippen LogP contribution in [0.15, 0.2) is 65.5 Å². The molecule has 0 unspecified atom stereocenters. The summed E-state index contributed by atoms with van der Waals surface area (Å²) in [4.78, 5) is 13.5. The molecule has 0 saturated carbocycles. The molecule has 0 spiro atoms. The van der Waals surface area contributed by atoms with E-state index < -0.39 is 0 Å². The first-order valence-corrected chi connectivity index (χ1v) is 10.2. The largest absolute Gasteiger partial charge is 0.273 e. The van der Waals surface area contributed by atoms with Gasteiger partial charge in [0, 0.05) is 0 Å². The number of rotatable bonds is 2. The summed E-state index contributed by atoms with van der Waals surface area (Å²) in [5.41, 5.74) is 3.14. The summed E-state index contributed by atoms with van der Waals surface area (Å²) in [5, 5.41) is 21.1. The van der Waals surface area contributed by atoms with Crippen LogP contribution >= 0.6 is 11.3 Å². The number of hydrogen-bond acceptors (Lipinski definition) is 4. The minimum Gasteiger partial charge on any atom is -0.267 e. The predicted molar refractivity (Wildman–Crippen MR) is 121 cm³/mol. The van der Waals surface area contributed by atoms with E-state index in [0.29, 0.717) is 14.9 Å². The van der Waals surface area contributed by atoms with Gasteiger partial charge in [-0.1, -0.05) is 60.7 Å². The molecule has 0 aliphatic carbocycles. The zero-order chi connectivity index (χ0) is 21.3. The van der Waals surface area contributed by atoms with E-state index in [2.05, 4.69) is 0 Å². The Bertz CT molecular complexity index is 1520. The highest BCUT2D eigenvalue weighted by molar-refractivity contribution is 7.07. The Morgan fingerprint density at radius 1 is 0.933 bits per heavy atom. The van der Waals surface area contributed by atoms with Gasteiger partial charge in [0.1, 0.15) is 16.8 Å². The molecule has 1 aromatic heterocycles. The van der Waals surface area contributed by atoms with Gasteiger partial charge in [0.2, 0.25) is 0 Å². The minimum absolute atomic E-state index is 0.0719. The summed E-state index contributed by atoms with van der Waals surface area (Å²) in [5.74, 6) is 0. The van der Waals surface area contributed by atoms with Crippen LogP contribution in [0, 0.1) is 36.5 Å². The molecule has 4 nitrogen and oxygen atoms in total. The Morgan fingerprint density at radius 3 is 2.27 bits per heavy atom. The highest BCUT2D eigenvalue weighted by Crippen LogP contribution is 2.19. The Labute approximate surface area is 177 Å². The molecule has 30 heavy (non-hydrogen) atoms. The molecule has 3 aromatic carbocycles. The second kappa shape index (κ2) is 7.83. The maximum Gasteiger partial charge on any atom is 0.273 e. The minimum atomic E-state index is -0.233. The normalized spacial score (nSPS) is 11.3. The van der Waals surface area contributed by atoms with E-state index in [1.807, 2.05) is 92.7 Å². The van der Waals surface area contributed by atoms with Crippen molar-refractivity contribution in [1.29, 1.82) is 10.5 Å². The molecule has 4 rings (SSSR count). The molecule has 5 heteroatoms. The second-order valence-corrected chi connectivity index (χ2v) is 7.99. The first-order chi connectivity index (χ1) is 14.5. The van der Waals surface area contributed by atoms with Crippen LogP contribution in [0.1, 0.15) is 16.7 Å². The van der Waals surface area contributed by atoms with E-state index in [0.717, 1.165) is 27.5 Å². The molecule has 1 heterocycles. The van der Waals surface area contributed by atoms with Crippen LogP contribution in [0.2, 0.25) is 0 Å². The fourth-order valence-corrected chi connectivity index (χ4v) is 4.68. The smallest absolute Gasteiger partial charge is 0.267 e. The van der Waals surface area contributed by atoms with Gasteiger partial charge in [-0.25, -0.2) is 0 Å². The van der Waals surface area contributed by atoms with E-state index in [-0.39, 0.29) is 11.1 Å². The lowest BCUT2D eigenvalue weighted by Gasteiger charge is -2.10. The fraction of sp³-hybridized carbons (Fsp3) is 0.0800. The Hall–Kier alpha value is -3.93. The number of nitriles is 2. The van der Waals surface area contributed by atoms with Crippen molar-refractivity contribution < 1.29 is 0 Å². The maximum absolute atomic E-state index is 13.5. The van der Waals surface area contributed by atoms with Crippen molar-refractivity contribution in [3.05, 3.63) is 96.9 Å². The van der Waals surface area contributed by atoms with Crippen molar-refractivity contribution in [2.45, 2.75) is 13.8 Å². The highest BCUT2D eigenvalue weighted by atomic mass is 32.1. The van der Waals surface area contributed by atoms with Gasteiger partial charge in [-0.3, -0.25) is 9.36 Å². The molecular weight excluding hydrogens is 390 g/mol. The van der Waals surface area contributed by atoms with Crippen LogP contribution in [0.4, 0.5) is 0 Å². The van der Waals surface area contributed by atoms with Gasteiger partial charge in [0.05, 0.1) is 10.2 Å². The van der Waals surface area contributed by atoms with Gasteiger partial charge in [-0.05, 0) is 47.4 Å². The molecule has 0 atom stereocenters. The number of aryl methyl sites for hydroxylation is 2. The van der Waals surface area contributed by atoms with Gasteiger partial charge in [-0.2, -0.15) is 10.5 Å². The first-order valence-electron chi connectivity index (χ1n) is 9.37. The molecular formula is C25H17N3OS. The standard InChI is InChI=1S/C25H17N3OS/c1-16-7-5-8-17(2)23(16)28-24(29)22(30-25(28)20(14-26)15-27)13-19-11-6-10-18-9-3-4-12-21(18)19/h3-13H,1-2H3/b22-13+. The molecule has 0 N–H and O–H groups in total. The van der Waals surface area contributed by atoms with Crippen LogP contribution in [-0.4, -0.2) is 4.57 Å². The van der Waals surface area contributed by atoms with Gasteiger partial charge in [0.25, 0.3) is 5.56 Å². The number of fused-ring (bicyclic) bond motifs is 1. The van der Waals surface area contributed by atoms with Crippen molar-refractivity contribution in [1.82, 2.24) is 4.57 Å². The fourth-order valence-electron chi connectivity index (χ4n) is 3.65. The second-order valence-electron chi connectivity index (χ2n) is 6.96. The monoisotopic (exact) mass is 407 g/mol. The van der Waals surface area contributed by atoms with Crippen LogP contribution < -0.4 is 14.8 Å². The van der Waals surface area contributed by atoms with E-state index in [1.165, 1.54) is 15.9 Å². The molecule has 0 radical (unpaired) electrons. The van der Waals surface area contributed by atoms with Crippen molar-refractivity contribution in [2.24, 2.45) is 0 Å². The number of aromatic nitrogens is 1. The average Bonchev–Trinajstić information content (AvgIpc) is 3.05. The van der Waals surface area contributed by atoms with Crippen LogP contribution in [-0.2, 0) is 0 Å². The van der Waals surface area contributed by atoms with Gasteiger partial charge >= 0.3 is 0 Å². The molecule has 0 fully saturated rings. The average molecular weight is 407 g/mol. The number of para-hydroxylation sites is 1. The predicted octanol–water partition coefficient (Wildman–Crippen LogP) is 3.70. The Kier molecular flexibility index (Phi) is 5.06. The summed E-state index contributed by atoms with van der Waals surface area (Å²) in [6.45, 7) is 3.84. The zero-order valence-electron chi connectivity index (χ0n) is 16.5. The van der Waals surface area contributed by atoms with E-state index in [1.54, 1.807) is 0 Å². The zero-order valence-corrected chi connectivity index (χ0v) is 17.3. The summed E-state index contributed by atoms with van der Waals surface area (Å²) in [7, 11) is 0. The van der Waals surface area contributed by atoms with Gasteiger partial charge < -0.3 is 0 Å². The summed E-state index contributed by atoms with van der Waals surface area (Å²) in [6.07, 6.45) is 1.84. The molecule has 144 valence electrons. The molecule has 0 aliphatic heterocycles. The summed E-state index contributed by atoms with van der Waals surface area (Å²) < 4.78 is 2.34. The third-order valence-corrected chi connectivity index (χ3v) is 6.13. The number of nitrogens with zero attached hydrogens (tertiary/aromatic N) is 3. The van der Waals surface area contributed by atoms with Crippen molar-refractivity contribution in [2.75, 3.05) is 0 Å². The maximum atomic E-state index is 13.5. The summed E-state index contributed by atoms with van der Waals surface area (Å²) in [6, 6.07) is 23.6. The lowest BCUT2D eigenvalue weighted by molar-refractivity contribution is 0.962. The molecule has 4 aromatic rings. The van der Waals surface area contributed by atoms with E-state index in [4.69, 9.17) is 0 Å². The lowest BCUT2D eigenvalue weighted by Crippen LogP contribution is -2.31. The van der Waals surface area contributed by atoms with E-state index >= 15 is 0 Å². The molecule has 0 bridgehead atoms. The van der Waals surface area contributed by atoms with Gasteiger partial charge in [0.15, 0.2) is 5.57 Å². The first kappa shape index (κ1) is 19.4. The third-order valence-electron chi connectivity index (χ3n) is 5.03. The van der Waals surface area contributed by atoms with E-state index in [9.17, 15) is 15.3 Å². The number of thiazole rings is 1. The topological polar surface area (TPSA) is 69.6 Å². The molecule has 0 saturated heterocycles. The highest BCUT2D eigenvalue weighted by Gasteiger charge is 2.15. The van der Waals surface area contributed by atoms with Crippen LogP contribution in [0.3, 0.4) is 0 Å².